The molecule has 0 aliphatic carbocycles. The molecule has 6 aromatic rings. The van der Waals surface area contributed by atoms with Gasteiger partial charge in [-0.2, -0.15) is 0 Å². The van der Waals surface area contributed by atoms with E-state index in [0.29, 0.717) is 0 Å². The van der Waals surface area contributed by atoms with Gasteiger partial charge in [-0.05, 0) is 71.3 Å². The molecule has 0 spiro atoms. The van der Waals surface area contributed by atoms with Crippen LogP contribution in [-0.2, 0) is 20.1 Å². The molecule has 0 bridgehead atoms. The first kappa shape index (κ1) is 33.5. The summed E-state index contributed by atoms with van der Waals surface area (Å²) in [6, 6.07) is 57.0. The molecule has 0 atom stereocenters. The van der Waals surface area contributed by atoms with E-state index in [1.165, 1.54) is 50.8 Å². The molecular weight excluding hydrogens is 775 g/mol. The van der Waals surface area contributed by atoms with Crippen LogP contribution in [0.2, 0.25) is 0 Å². The van der Waals surface area contributed by atoms with E-state index in [-0.39, 0.29) is 20.1 Å². The SMILES string of the molecule is C1=Cc2ccccc2N(c2ccccc2)C1.C1=Cc2ccccc2N(c2ccccc2)C1.C1=Cc2ccccc2N(c2ccccc2)C1.[Ir]. The summed E-state index contributed by atoms with van der Waals surface area (Å²) in [5, 5.41) is 0. The Bertz CT molecular complexity index is 1780. The Balaban J connectivity index is 0.000000126. The fourth-order valence-corrected chi connectivity index (χ4v) is 6.33. The van der Waals surface area contributed by atoms with Gasteiger partial charge in [0.2, 0.25) is 0 Å². The van der Waals surface area contributed by atoms with Crippen LogP contribution in [0, 0.1) is 0 Å². The monoisotopic (exact) mass is 814 g/mol. The molecule has 3 aliphatic heterocycles. The van der Waals surface area contributed by atoms with E-state index in [2.05, 4.69) is 215 Å². The second kappa shape index (κ2) is 16.6. The Morgan fingerprint density at radius 3 is 0.816 bits per heavy atom. The summed E-state index contributed by atoms with van der Waals surface area (Å²) in [5.74, 6) is 0. The predicted molar refractivity (Wildman–Crippen MR) is 207 cm³/mol. The molecule has 0 fully saturated rings. The predicted octanol–water partition coefficient (Wildman–Crippen LogP) is 11.6. The van der Waals surface area contributed by atoms with Crippen LogP contribution in [0.5, 0.6) is 0 Å². The first-order valence-electron chi connectivity index (χ1n) is 16.6. The second-order valence-electron chi connectivity index (χ2n) is 11.7. The molecule has 6 aromatic carbocycles. The van der Waals surface area contributed by atoms with E-state index in [9.17, 15) is 0 Å². The minimum absolute atomic E-state index is 0. The topological polar surface area (TPSA) is 9.72 Å². The van der Waals surface area contributed by atoms with Crippen LogP contribution in [0.25, 0.3) is 18.2 Å². The van der Waals surface area contributed by atoms with E-state index in [1.54, 1.807) is 0 Å². The summed E-state index contributed by atoms with van der Waals surface area (Å²) in [7, 11) is 0. The van der Waals surface area contributed by atoms with Crippen LogP contribution in [0.1, 0.15) is 16.7 Å². The second-order valence-corrected chi connectivity index (χ2v) is 11.7. The van der Waals surface area contributed by atoms with Gasteiger partial charge < -0.3 is 14.7 Å². The van der Waals surface area contributed by atoms with E-state index in [1.807, 2.05) is 0 Å². The first-order chi connectivity index (χ1) is 23.8. The molecule has 0 amide bonds. The number of para-hydroxylation sites is 6. The van der Waals surface area contributed by atoms with E-state index in [4.69, 9.17) is 0 Å². The maximum absolute atomic E-state index is 2.33. The Labute approximate surface area is 304 Å². The van der Waals surface area contributed by atoms with Crippen molar-refractivity contribution in [2.45, 2.75) is 0 Å². The van der Waals surface area contributed by atoms with Crippen molar-refractivity contribution in [3.05, 3.63) is 199 Å². The van der Waals surface area contributed by atoms with Gasteiger partial charge in [-0.25, -0.2) is 0 Å². The summed E-state index contributed by atoms with van der Waals surface area (Å²) in [6.45, 7) is 2.84. The van der Waals surface area contributed by atoms with Gasteiger partial charge in [0.15, 0.2) is 0 Å². The zero-order valence-electron chi connectivity index (χ0n) is 27.3. The molecular formula is C45H39IrN3. The largest absolute Gasteiger partial charge is 0.337 e. The average Bonchev–Trinajstić information content (AvgIpc) is 3.19. The molecule has 3 nitrogen and oxygen atoms in total. The van der Waals surface area contributed by atoms with Gasteiger partial charge in [-0.1, -0.05) is 146 Å². The van der Waals surface area contributed by atoms with Gasteiger partial charge in [0.1, 0.15) is 0 Å². The van der Waals surface area contributed by atoms with E-state index >= 15 is 0 Å². The Hall–Kier alpha value is -5.41. The van der Waals surface area contributed by atoms with Crippen molar-refractivity contribution in [1.82, 2.24) is 0 Å². The van der Waals surface area contributed by atoms with Crippen molar-refractivity contribution in [3.63, 3.8) is 0 Å². The molecule has 0 unspecified atom stereocenters. The van der Waals surface area contributed by atoms with Crippen LogP contribution in [-0.4, -0.2) is 19.6 Å². The molecule has 0 saturated carbocycles. The van der Waals surface area contributed by atoms with Crippen LogP contribution in [0.3, 0.4) is 0 Å². The van der Waals surface area contributed by atoms with Crippen molar-refractivity contribution in [2.75, 3.05) is 34.3 Å². The van der Waals surface area contributed by atoms with Gasteiger partial charge in [-0.15, -0.1) is 0 Å². The normalized spacial score (nSPS) is 13.3. The van der Waals surface area contributed by atoms with E-state index < -0.39 is 0 Å². The van der Waals surface area contributed by atoms with Gasteiger partial charge in [-0.3, -0.25) is 0 Å². The van der Waals surface area contributed by atoms with Crippen LogP contribution in [0.15, 0.2) is 182 Å². The number of nitrogens with zero attached hydrogens (tertiary/aromatic N) is 3. The van der Waals surface area contributed by atoms with Crippen molar-refractivity contribution in [1.29, 1.82) is 0 Å². The Kier molecular flexibility index (Phi) is 11.4. The molecule has 0 aromatic heterocycles. The molecule has 0 N–H and O–H groups in total. The molecule has 3 heterocycles. The van der Waals surface area contributed by atoms with Gasteiger partial charge >= 0.3 is 0 Å². The van der Waals surface area contributed by atoms with Crippen molar-refractivity contribution in [3.8, 4) is 0 Å². The maximum Gasteiger partial charge on any atom is 0.0487 e. The molecule has 49 heavy (non-hydrogen) atoms. The average molecular weight is 814 g/mol. The number of hydrogen-bond donors (Lipinski definition) is 0. The number of hydrogen-bond acceptors (Lipinski definition) is 3. The fraction of sp³-hybridized carbons (Fsp3) is 0.0667. The number of benzene rings is 6. The zero-order chi connectivity index (χ0) is 32.4. The number of rotatable bonds is 3. The smallest absolute Gasteiger partial charge is 0.0487 e. The molecule has 243 valence electrons. The van der Waals surface area contributed by atoms with Crippen LogP contribution < -0.4 is 14.7 Å². The molecule has 4 heteroatoms. The summed E-state index contributed by atoms with van der Waals surface area (Å²) in [4.78, 5) is 6.99. The summed E-state index contributed by atoms with van der Waals surface area (Å²) in [5.41, 5.74) is 11.5. The molecule has 0 saturated heterocycles. The standard InChI is InChI=1S/3C15H13N.Ir/c3*1-2-9-14(10-3-1)16-12-6-8-13-7-4-5-11-15(13)16;/h3*1-11H,12H2;. The first-order valence-corrected chi connectivity index (χ1v) is 16.6. The van der Waals surface area contributed by atoms with Gasteiger partial charge in [0, 0.05) is 73.9 Å². The number of anilines is 6. The van der Waals surface area contributed by atoms with Crippen molar-refractivity contribution >= 4 is 52.4 Å². The summed E-state index contributed by atoms with van der Waals surface area (Å²) in [6.07, 6.45) is 13.2. The quantitative estimate of drug-likeness (QED) is 0.176. The Morgan fingerprint density at radius 1 is 0.286 bits per heavy atom. The van der Waals surface area contributed by atoms with Crippen LogP contribution in [0.4, 0.5) is 34.1 Å². The minimum Gasteiger partial charge on any atom is -0.337 e. The summed E-state index contributed by atoms with van der Waals surface area (Å²) >= 11 is 0. The van der Waals surface area contributed by atoms with Crippen molar-refractivity contribution in [2.24, 2.45) is 0 Å². The molecule has 3 aliphatic rings. The minimum atomic E-state index is 0. The third-order valence-electron chi connectivity index (χ3n) is 8.64. The number of fused-ring (bicyclic) bond motifs is 3. The Morgan fingerprint density at radius 2 is 0.531 bits per heavy atom. The third-order valence-corrected chi connectivity index (χ3v) is 8.64. The maximum atomic E-state index is 2.33. The van der Waals surface area contributed by atoms with Gasteiger partial charge in [0.25, 0.3) is 0 Å². The van der Waals surface area contributed by atoms with Gasteiger partial charge in [0.05, 0.1) is 0 Å². The third kappa shape index (κ3) is 8.01. The zero-order valence-corrected chi connectivity index (χ0v) is 29.7. The van der Waals surface area contributed by atoms with Crippen LogP contribution >= 0.6 is 0 Å². The molecule has 1 radical (unpaired) electrons. The van der Waals surface area contributed by atoms with Crippen molar-refractivity contribution < 1.29 is 20.1 Å². The summed E-state index contributed by atoms with van der Waals surface area (Å²) < 4.78 is 0. The van der Waals surface area contributed by atoms with E-state index in [0.717, 1.165) is 19.6 Å². The fourth-order valence-electron chi connectivity index (χ4n) is 6.33. The molecule has 9 rings (SSSR count).